The van der Waals surface area contributed by atoms with Gasteiger partial charge in [-0.15, -0.1) is 0 Å². The van der Waals surface area contributed by atoms with E-state index in [1.165, 1.54) is 12.8 Å². The van der Waals surface area contributed by atoms with Gasteiger partial charge in [0, 0.05) is 12.0 Å². The Morgan fingerprint density at radius 2 is 1.71 bits per heavy atom. The summed E-state index contributed by atoms with van der Waals surface area (Å²) in [7, 11) is 2.10. The molecule has 1 rings (SSSR count). The van der Waals surface area contributed by atoms with Crippen molar-refractivity contribution in [3.05, 3.63) is 0 Å². The van der Waals surface area contributed by atoms with Crippen LogP contribution < -0.4 is 5.32 Å². The Bertz CT molecular complexity index is 243. The van der Waals surface area contributed by atoms with Gasteiger partial charge in [-0.05, 0) is 47.1 Å². The van der Waals surface area contributed by atoms with Crippen molar-refractivity contribution >= 4 is 0 Å². The molecular formula is C15H31NO. The van der Waals surface area contributed by atoms with Crippen LogP contribution in [0.3, 0.4) is 0 Å². The zero-order valence-electron chi connectivity index (χ0n) is 12.8. The smallest absolute Gasteiger partial charge is 0.0677 e. The molecule has 0 bridgehead atoms. The van der Waals surface area contributed by atoms with E-state index in [0.717, 1.165) is 12.3 Å². The highest BCUT2D eigenvalue weighted by Gasteiger charge is 2.49. The molecule has 2 nitrogen and oxygen atoms in total. The summed E-state index contributed by atoms with van der Waals surface area (Å²) < 4.78 is 6.23. The van der Waals surface area contributed by atoms with Gasteiger partial charge in [0.05, 0.1) is 11.2 Å². The predicted octanol–water partition coefficient (Wildman–Crippen LogP) is 3.60. The Morgan fingerprint density at radius 1 is 1.18 bits per heavy atom. The first-order valence-corrected chi connectivity index (χ1v) is 7.14. The maximum absolute atomic E-state index is 6.23. The van der Waals surface area contributed by atoms with E-state index in [9.17, 15) is 0 Å². The summed E-state index contributed by atoms with van der Waals surface area (Å²) in [6.45, 7) is 13.5. The molecule has 0 spiro atoms. The summed E-state index contributed by atoms with van der Waals surface area (Å²) in [5.41, 5.74) is 0.00899. The fourth-order valence-electron chi connectivity index (χ4n) is 3.73. The summed E-state index contributed by atoms with van der Waals surface area (Å²) in [6.07, 6.45) is 3.64. The lowest BCUT2D eigenvalue weighted by Crippen LogP contribution is -2.47. The molecule has 102 valence electrons. The molecule has 2 heteroatoms. The van der Waals surface area contributed by atoms with E-state index in [1.807, 2.05) is 0 Å². The first-order chi connectivity index (χ1) is 7.77. The van der Waals surface area contributed by atoms with Gasteiger partial charge in [0.2, 0.25) is 0 Å². The lowest BCUT2D eigenvalue weighted by atomic mass is 9.75. The van der Waals surface area contributed by atoms with Crippen LogP contribution in [0.4, 0.5) is 0 Å². The number of nitrogens with one attached hydrogen (secondary N) is 1. The van der Waals surface area contributed by atoms with Gasteiger partial charge in [0.25, 0.3) is 0 Å². The molecule has 1 saturated heterocycles. The van der Waals surface area contributed by atoms with Crippen molar-refractivity contribution in [1.82, 2.24) is 5.32 Å². The molecule has 0 amide bonds. The molecule has 2 atom stereocenters. The van der Waals surface area contributed by atoms with E-state index < -0.39 is 0 Å². The van der Waals surface area contributed by atoms with Crippen molar-refractivity contribution in [3.8, 4) is 0 Å². The minimum Gasteiger partial charge on any atom is -0.369 e. The van der Waals surface area contributed by atoms with Gasteiger partial charge in [0.1, 0.15) is 0 Å². The maximum Gasteiger partial charge on any atom is 0.0677 e. The Balaban J connectivity index is 2.89. The van der Waals surface area contributed by atoms with Gasteiger partial charge in [-0.25, -0.2) is 0 Å². The maximum atomic E-state index is 6.23. The topological polar surface area (TPSA) is 21.3 Å². The Hall–Kier alpha value is -0.0800. The van der Waals surface area contributed by atoms with Crippen LogP contribution in [0.25, 0.3) is 0 Å². The fraction of sp³-hybridized carbons (Fsp3) is 1.00. The van der Waals surface area contributed by atoms with Crippen molar-refractivity contribution < 1.29 is 4.74 Å². The molecule has 1 fully saturated rings. The molecule has 0 aromatic rings. The molecule has 0 aromatic carbocycles. The number of ether oxygens (including phenoxy) is 1. The molecule has 0 aliphatic carbocycles. The van der Waals surface area contributed by atoms with Gasteiger partial charge in [-0.2, -0.15) is 0 Å². The van der Waals surface area contributed by atoms with E-state index in [-0.39, 0.29) is 11.2 Å². The first-order valence-electron chi connectivity index (χ1n) is 7.14. The van der Waals surface area contributed by atoms with Gasteiger partial charge in [-0.3, -0.25) is 0 Å². The second-order valence-electron chi connectivity index (χ2n) is 6.67. The molecular weight excluding hydrogens is 210 g/mol. The van der Waals surface area contributed by atoms with Gasteiger partial charge in [-0.1, -0.05) is 26.7 Å². The number of rotatable bonds is 5. The van der Waals surface area contributed by atoms with Crippen LogP contribution >= 0.6 is 0 Å². The zero-order chi connectivity index (χ0) is 13.3. The van der Waals surface area contributed by atoms with Gasteiger partial charge < -0.3 is 10.1 Å². The van der Waals surface area contributed by atoms with Crippen LogP contribution in [-0.2, 0) is 4.74 Å². The highest BCUT2D eigenvalue weighted by molar-refractivity contribution is 5.00. The van der Waals surface area contributed by atoms with Crippen molar-refractivity contribution in [2.45, 2.75) is 78.0 Å². The van der Waals surface area contributed by atoms with E-state index in [1.54, 1.807) is 0 Å². The highest BCUT2D eigenvalue weighted by Crippen LogP contribution is 2.45. The summed E-state index contributed by atoms with van der Waals surface area (Å²) >= 11 is 0. The van der Waals surface area contributed by atoms with Crippen LogP contribution in [0, 0.1) is 11.8 Å². The van der Waals surface area contributed by atoms with Gasteiger partial charge in [0.15, 0.2) is 0 Å². The minimum atomic E-state index is -0.0141. The third kappa shape index (κ3) is 3.23. The van der Waals surface area contributed by atoms with Crippen LogP contribution in [0.5, 0.6) is 0 Å². The average molecular weight is 241 g/mol. The molecule has 2 unspecified atom stereocenters. The van der Waals surface area contributed by atoms with Crippen molar-refractivity contribution in [2.75, 3.05) is 7.05 Å². The zero-order valence-corrected chi connectivity index (χ0v) is 12.8. The van der Waals surface area contributed by atoms with E-state index in [0.29, 0.717) is 12.0 Å². The second kappa shape index (κ2) is 5.27. The highest BCUT2D eigenvalue weighted by atomic mass is 16.5. The minimum absolute atomic E-state index is 0.0141. The van der Waals surface area contributed by atoms with E-state index in [2.05, 4.69) is 53.9 Å². The van der Waals surface area contributed by atoms with Crippen LogP contribution in [0.1, 0.15) is 60.8 Å². The lowest BCUT2D eigenvalue weighted by molar-refractivity contribution is -0.0795. The van der Waals surface area contributed by atoms with Crippen molar-refractivity contribution in [1.29, 1.82) is 0 Å². The third-order valence-corrected chi connectivity index (χ3v) is 4.47. The van der Waals surface area contributed by atoms with E-state index in [4.69, 9.17) is 4.74 Å². The summed E-state index contributed by atoms with van der Waals surface area (Å²) in [4.78, 5) is 0. The molecule has 0 radical (unpaired) electrons. The SMILES string of the molecule is CCC(CC)C(NC)C1CC(C)(C)OC1(C)C. The third-order valence-electron chi connectivity index (χ3n) is 4.47. The fourth-order valence-corrected chi connectivity index (χ4v) is 3.73. The molecule has 1 aliphatic heterocycles. The monoisotopic (exact) mass is 241 g/mol. The summed E-state index contributed by atoms with van der Waals surface area (Å²) in [6, 6.07) is 0.571. The summed E-state index contributed by atoms with van der Waals surface area (Å²) in [5, 5.41) is 3.56. The van der Waals surface area contributed by atoms with Gasteiger partial charge >= 0.3 is 0 Å². The number of hydrogen-bond acceptors (Lipinski definition) is 2. The Labute approximate surface area is 108 Å². The van der Waals surface area contributed by atoms with Crippen LogP contribution in [0.2, 0.25) is 0 Å². The Morgan fingerprint density at radius 3 is 2.00 bits per heavy atom. The largest absolute Gasteiger partial charge is 0.369 e. The molecule has 1 aliphatic rings. The lowest BCUT2D eigenvalue weighted by Gasteiger charge is -2.37. The number of hydrogen-bond donors (Lipinski definition) is 1. The summed E-state index contributed by atoms with van der Waals surface area (Å²) in [5.74, 6) is 1.36. The molecule has 1 heterocycles. The first kappa shape index (κ1) is 15.0. The predicted molar refractivity (Wildman–Crippen MR) is 74.3 cm³/mol. The van der Waals surface area contributed by atoms with Crippen molar-refractivity contribution in [2.24, 2.45) is 11.8 Å². The Kier molecular flexibility index (Phi) is 4.65. The van der Waals surface area contributed by atoms with Crippen LogP contribution in [0.15, 0.2) is 0 Å². The molecule has 1 N–H and O–H groups in total. The normalized spacial score (nSPS) is 28.6. The molecule has 0 aromatic heterocycles. The quantitative estimate of drug-likeness (QED) is 0.794. The second-order valence-corrected chi connectivity index (χ2v) is 6.67. The van der Waals surface area contributed by atoms with Crippen LogP contribution in [-0.4, -0.2) is 24.3 Å². The molecule has 0 saturated carbocycles. The average Bonchev–Trinajstić information content (AvgIpc) is 2.43. The standard InChI is InChI=1S/C15H31NO/c1-8-11(9-2)13(16-7)12-10-14(3,4)17-15(12,5)6/h11-13,16H,8-10H2,1-7H3. The van der Waals surface area contributed by atoms with E-state index >= 15 is 0 Å². The van der Waals surface area contributed by atoms with Crippen molar-refractivity contribution in [3.63, 3.8) is 0 Å². The molecule has 17 heavy (non-hydrogen) atoms.